The molecule has 0 fully saturated rings. The predicted molar refractivity (Wildman–Crippen MR) is 124 cm³/mol. The Morgan fingerprint density at radius 1 is 1.26 bits per heavy atom. The molecule has 0 saturated heterocycles. The molecule has 12 nitrogen and oxygen atoms in total. The lowest BCUT2D eigenvalue weighted by atomic mass is 9.93. The number of amides is 2. The Morgan fingerprint density at radius 3 is 2.66 bits per heavy atom. The minimum atomic E-state index is -0.844. The number of nitrogens with two attached hydrogens (primary N) is 1. The molecule has 0 radical (unpaired) electrons. The molecular weight excluding hydrogens is 478 g/mol. The van der Waals surface area contributed by atoms with Crippen molar-refractivity contribution in [3.05, 3.63) is 87.1 Å². The molecule has 180 valence electrons. The van der Waals surface area contributed by atoms with Gasteiger partial charge >= 0.3 is 0 Å². The van der Waals surface area contributed by atoms with Crippen LogP contribution in [0.5, 0.6) is 5.75 Å². The molecule has 3 heterocycles. The summed E-state index contributed by atoms with van der Waals surface area (Å²) >= 11 is 6.49. The molecule has 0 aliphatic carbocycles. The van der Waals surface area contributed by atoms with Crippen molar-refractivity contribution in [2.24, 2.45) is 12.8 Å². The third-order valence-corrected chi connectivity index (χ3v) is 5.84. The Balaban J connectivity index is 1.88. The van der Waals surface area contributed by atoms with Gasteiger partial charge in [-0.3, -0.25) is 23.6 Å². The van der Waals surface area contributed by atoms with Crippen molar-refractivity contribution >= 4 is 29.1 Å². The monoisotopic (exact) mass is 497 g/mol. The minimum Gasteiger partial charge on any atom is -0.501 e. The van der Waals surface area contributed by atoms with Gasteiger partial charge in [0.15, 0.2) is 5.69 Å². The standard InChI is InChI=1S/C22H20ClN7O5/c1-11(17(13-5-3-4-6-14(13)23)30-15(19(24)32)7-8-25-30)20-28-16(18(31)22(34)29(20)2)21(33)27-12-9-26-35-10-12/h3-11,17,31H,1-2H3,(H2,24,32)(H,27,33)/t11-,17-/m1/s1. The maximum absolute atomic E-state index is 12.8. The van der Waals surface area contributed by atoms with Crippen LogP contribution in [0, 0.1) is 0 Å². The Hall–Kier alpha value is -4.45. The van der Waals surface area contributed by atoms with Crippen LogP contribution in [0.4, 0.5) is 5.69 Å². The Kier molecular flexibility index (Phi) is 6.38. The van der Waals surface area contributed by atoms with Crippen molar-refractivity contribution in [3.63, 3.8) is 0 Å². The van der Waals surface area contributed by atoms with Crippen LogP contribution in [0.2, 0.25) is 5.02 Å². The fraction of sp³-hybridized carbons (Fsp3) is 0.182. The summed E-state index contributed by atoms with van der Waals surface area (Å²) in [5, 5.41) is 21.0. The summed E-state index contributed by atoms with van der Waals surface area (Å²) < 4.78 is 7.19. The van der Waals surface area contributed by atoms with Crippen molar-refractivity contribution < 1.29 is 19.2 Å². The third kappa shape index (κ3) is 4.38. The number of carbonyl (C=O) groups excluding carboxylic acids is 2. The second-order valence-electron chi connectivity index (χ2n) is 7.68. The van der Waals surface area contributed by atoms with Gasteiger partial charge in [0.2, 0.25) is 5.75 Å². The summed E-state index contributed by atoms with van der Waals surface area (Å²) in [6.07, 6.45) is 3.84. The average Bonchev–Trinajstić information content (AvgIpc) is 3.51. The summed E-state index contributed by atoms with van der Waals surface area (Å²) in [7, 11) is 1.41. The van der Waals surface area contributed by atoms with Crippen LogP contribution in [0.15, 0.2) is 58.3 Å². The summed E-state index contributed by atoms with van der Waals surface area (Å²) in [6, 6.07) is 7.62. The predicted octanol–water partition coefficient (Wildman–Crippen LogP) is 2.07. The Labute approximate surface area is 202 Å². The highest BCUT2D eigenvalue weighted by Crippen LogP contribution is 2.37. The van der Waals surface area contributed by atoms with E-state index in [1.165, 1.54) is 36.5 Å². The van der Waals surface area contributed by atoms with Crippen molar-refractivity contribution in [3.8, 4) is 5.75 Å². The van der Waals surface area contributed by atoms with E-state index in [0.717, 1.165) is 4.57 Å². The van der Waals surface area contributed by atoms with E-state index < -0.39 is 40.8 Å². The number of hydrogen-bond acceptors (Lipinski definition) is 8. The lowest BCUT2D eigenvalue weighted by Gasteiger charge is -2.28. The van der Waals surface area contributed by atoms with Gasteiger partial charge in [-0.2, -0.15) is 5.10 Å². The van der Waals surface area contributed by atoms with Gasteiger partial charge in [-0.05, 0) is 17.7 Å². The first-order valence-corrected chi connectivity index (χ1v) is 10.7. The highest BCUT2D eigenvalue weighted by Gasteiger charge is 2.32. The van der Waals surface area contributed by atoms with Crippen LogP contribution in [-0.4, -0.2) is 41.4 Å². The molecule has 0 aliphatic rings. The van der Waals surface area contributed by atoms with Crippen LogP contribution in [0.1, 0.15) is 51.2 Å². The third-order valence-electron chi connectivity index (χ3n) is 5.50. The zero-order chi connectivity index (χ0) is 25.3. The highest BCUT2D eigenvalue weighted by molar-refractivity contribution is 6.31. The molecule has 3 aromatic heterocycles. The van der Waals surface area contributed by atoms with Crippen LogP contribution < -0.4 is 16.6 Å². The molecule has 0 unspecified atom stereocenters. The van der Waals surface area contributed by atoms with E-state index in [1.807, 2.05) is 0 Å². The molecule has 2 amide bonds. The molecule has 4 rings (SSSR count). The zero-order valence-electron chi connectivity index (χ0n) is 18.5. The second-order valence-corrected chi connectivity index (χ2v) is 8.09. The molecular formula is C22H20ClN7O5. The number of nitrogens with one attached hydrogen (secondary N) is 1. The number of hydrogen-bond donors (Lipinski definition) is 3. The second kappa shape index (κ2) is 9.43. The lowest BCUT2D eigenvalue weighted by Crippen LogP contribution is -2.32. The number of aromatic hydroxyl groups is 1. The van der Waals surface area contributed by atoms with Crippen molar-refractivity contribution in [2.75, 3.05) is 5.32 Å². The van der Waals surface area contributed by atoms with Crippen LogP contribution in [0.25, 0.3) is 0 Å². The number of benzene rings is 1. The van der Waals surface area contributed by atoms with E-state index in [1.54, 1.807) is 31.2 Å². The Bertz CT molecular complexity index is 1460. The maximum atomic E-state index is 12.8. The smallest absolute Gasteiger partial charge is 0.296 e. The van der Waals surface area contributed by atoms with E-state index >= 15 is 0 Å². The number of nitrogens with zero attached hydrogens (tertiary/aromatic N) is 5. The first-order valence-electron chi connectivity index (χ1n) is 10.3. The topological polar surface area (TPSA) is 171 Å². The fourth-order valence-corrected chi connectivity index (χ4v) is 4.08. The molecule has 4 N–H and O–H groups in total. The number of anilines is 1. The summed E-state index contributed by atoms with van der Waals surface area (Å²) in [4.78, 5) is 42.0. The maximum Gasteiger partial charge on any atom is 0.296 e. The number of rotatable bonds is 7. The van der Waals surface area contributed by atoms with Gasteiger partial charge in [0, 0.05) is 24.2 Å². The van der Waals surface area contributed by atoms with Crippen molar-refractivity contribution in [1.29, 1.82) is 0 Å². The van der Waals surface area contributed by atoms with Crippen molar-refractivity contribution in [1.82, 2.24) is 24.5 Å². The molecule has 4 aromatic rings. The molecule has 0 spiro atoms. The molecule has 1 aromatic carbocycles. The van der Waals surface area contributed by atoms with Crippen LogP contribution in [0.3, 0.4) is 0 Å². The molecule has 0 aliphatic heterocycles. The van der Waals surface area contributed by atoms with E-state index in [0.29, 0.717) is 10.6 Å². The lowest BCUT2D eigenvalue weighted by molar-refractivity contribution is 0.0986. The van der Waals surface area contributed by atoms with Gasteiger partial charge in [-0.15, -0.1) is 0 Å². The van der Waals surface area contributed by atoms with Crippen molar-refractivity contribution in [2.45, 2.75) is 18.9 Å². The first kappa shape index (κ1) is 23.7. The van der Waals surface area contributed by atoms with Gasteiger partial charge in [0.1, 0.15) is 23.5 Å². The zero-order valence-corrected chi connectivity index (χ0v) is 19.3. The van der Waals surface area contributed by atoms with E-state index in [9.17, 15) is 19.5 Å². The van der Waals surface area contributed by atoms with Gasteiger partial charge in [-0.25, -0.2) is 4.98 Å². The number of carbonyl (C=O) groups is 2. The van der Waals surface area contributed by atoms with Gasteiger partial charge in [0.05, 0.1) is 12.2 Å². The average molecular weight is 498 g/mol. The molecule has 2 atom stereocenters. The van der Waals surface area contributed by atoms with E-state index in [4.69, 9.17) is 17.3 Å². The normalized spacial score (nSPS) is 12.8. The summed E-state index contributed by atoms with van der Waals surface area (Å²) in [5.74, 6) is -2.95. The van der Waals surface area contributed by atoms with Crippen LogP contribution >= 0.6 is 11.6 Å². The summed E-state index contributed by atoms with van der Waals surface area (Å²) in [5.41, 5.74) is 5.11. The SMILES string of the molecule is C[C@@H](c1nc(C(=O)Nc2cnoc2)c(O)c(=O)n1C)[C@H](c1ccccc1Cl)n1nccc1C(N)=O. The van der Waals surface area contributed by atoms with Crippen LogP contribution in [-0.2, 0) is 7.05 Å². The molecule has 35 heavy (non-hydrogen) atoms. The minimum absolute atomic E-state index is 0.107. The van der Waals surface area contributed by atoms with Gasteiger partial charge in [0.25, 0.3) is 17.4 Å². The largest absolute Gasteiger partial charge is 0.501 e. The Morgan fingerprint density at radius 2 is 2.00 bits per heavy atom. The summed E-state index contributed by atoms with van der Waals surface area (Å²) in [6.45, 7) is 1.72. The highest BCUT2D eigenvalue weighted by atomic mass is 35.5. The van der Waals surface area contributed by atoms with Gasteiger partial charge < -0.3 is 20.7 Å². The number of primary amides is 1. The fourth-order valence-electron chi connectivity index (χ4n) is 3.83. The molecule has 0 bridgehead atoms. The first-order chi connectivity index (χ1) is 16.7. The van der Waals surface area contributed by atoms with E-state index in [-0.39, 0.29) is 17.2 Å². The number of aromatic nitrogens is 5. The number of halogens is 1. The molecule has 13 heteroatoms. The molecule has 0 saturated carbocycles. The van der Waals surface area contributed by atoms with Gasteiger partial charge in [-0.1, -0.05) is 41.9 Å². The van der Waals surface area contributed by atoms with E-state index in [2.05, 4.69) is 25.1 Å². The quantitative estimate of drug-likeness (QED) is 0.348.